The monoisotopic (exact) mass is 282 g/mol. The molecule has 1 aliphatic heterocycles. The maximum Gasteiger partial charge on any atom is 0.253 e. The first kappa shape index (κ1) is 11.3. The van der Waals surface area contributed by atoms with E-state index in [2.05, 4.69) is 21.0 Å². The summed E-state index contributed by atoms with van der Waals surface area (Å²) in [6, 6.07) is 7.50. The SMILES string of the molecule is COCC1=NN(c2ccccc2Br)C(=O)C1. The van der Waals surface area contributed by atoms with Gasteiger partial charge in [0.1, 0.15) is 0 Å². The Balaban J connectivity index is 2.28. The minimum Gasteiger partial charge on any atom is -0.379 e. The van der Waals surface area contributed by atoms with Crippen LogP contribution in [0, 0.1) is 0 Å². The van der Waals surface area contributed by atoms with Gasteiger partial charge in [-0.2, -0.15) is 10.1 Å². The molecule has 0 saturated heterocycles. The molecule has 0 unspecified atom stereocenters. The average Bonchev–Trinajstić information content (AvgIpc) is 2.61. The molecule has 4 nitrogen and oxygen atoms in total. The third kappa shape index (κ3) is 2.15. The number of hydrogen-bond donors (Lipinski definition) is 0. The van der Waals surface area contributed by atoms with E-state index in [-0.39, 0.29) is 5.91 Å². The predicted octanol–water partition coefficient (Wildman–Crippen LogP) is 2.19. The minimum atomic E-state index is -0.0287. The molecular weight excluding hydrogens is 272 g/mol. The fraction of sp³-hybridized carbons (Fsp3) is 0.273. The second-order valence-electron chi connectivity index (χ2n) is 3.43. The Labute approximate surface area is 102 Å². The number of benzene rings is 1. The fourth-order valence-electron chi connectivity index (χ4n) is 1.54. The molecule has 0 fully saturated rings. The number of carbonyl (C=O) groups is 1. The molecule has 0 saturated carbocycles. The van der Waals surface area contributed by atoms with Gasteiger partial charge in [-0.25, -0.2) is 0 Å². The molecule has 84 valence electrons. The normalized spacial score (nSPS) is 15.5. The number of hydrazone groups is 1. The molecular formula is C11H11BrN2O2. The van der Waals surface area contributed by atoms with Gasteiger partial charge in [-0.05, 0) is 28.1 Å². The van der Waals surface area contributed by atoms with Crippen molar-refractivity contribution < 1.29 is 9.53 Å². The van der Waals surface area contributed by atoms with Crippen LogP contribution in [0.25, 0.3) is 0 Å². The molecule has 5 heteroatoms. The molecule has 0 spiro atoms. The Morgan fingerprint density at radius 2 is 2.25 bits per heavy atom. The summed E-state index contributed by atoms with van der Waals surface area (Å²) in [6.07, 6.45) is 0.329. The zero-order valence-corrected chi connectivity index (χ0v) is 10.4. The number of amides is 1. The topological polar surface area (TPSA) is 41.9 Å². The van der Waals surface area contributed by atoms with Gasteiger partial charge in [0.15, 0.2) is 0 Å². The molecule has 1 aliphatic rings. The zero-order valence-electron chi connectivity index (χ0n) is 8.81. The van der Waals surface area contributed by atoms with Crippen molar-refractivity contribution in [3.63, 3.8) is 0 Å². The van der Waals surface area contributed by atoms with Crippen LogP contribution in [-0.4, -0.2) is 25.3 Å². The van der Waals surface area contributed by atoms with Crippen LogP contribution in [0.15, 0.2) is 33.8 Å². The van der Waals surface area contributed by atoms with Gasteiger partial charge >= 0.3 is 0 Å². The minimum absolute atomic E-state index is 0.0287. The number of rotatable bonds is 3. The number of halogens is 1. The Morgan fingerprint density at radius 1 is 1.50 bits per heavy atom. The van der Waals surface area contributed by atoms with E-state index in [1.807, 2.05) is 24.3 Å². The number of hydrogen-bond acceptors (Lipinski definition) is 3. The second kappa shape index (κ2) is 4.76. The standard InChI is InChI=1S/C11H11BrN2O2/c1-16-7-8-6-11(15)14(13-8)10-5-3-2-4-9(10)12/h2-5H,6-7H2,1H3. The van der Waals surface area contributed by atoms with E-state index in [0.717, 1.165) is 15.9 Å². The second-order valence-corrected chi connectivity index (χ2v) is 4.29. The molecule has 1 heterocycles. The number of carbonyl (C=O) groups excluding carboxylic acids is 1. The lowest BCUT2D eigenvalue weighted by Gasteiger charge is -2.12. The number of anilines is 1. The van der Waals surface area contributed by atoms with Gasteiger partial charge in [-0.1, -0.05) is 12.1 Å². The largest absolute Gasteiger partial charge is 0.379 e. The van der Waals surface area contributed by atoms with E-state index in [1.54, 1.807) is 7.11 Å². The lowest BCUT2D eigenvalue weighted by Crippen LogP contribution is -2.19. The lowest BCUT2D eigenvalue weighted by atomic mass is 10.2. The highest BCUT2D eigenvalue weighted by molar-refractivity contribution is 9.10. The first-order valence-electron chi connectivity index (χ1n) is 4.85. The molecule has 16 heavy (non-hydrogen) atoms. The van der Waals surface area contributed by atoms with Crippen molar-refractivity contribution in [3.8, 4) is 0 Å². The van der Waals surface area contributed by atoms with Crippen molar-refractivity contribution in [2.45, 2.75) is 6.42 Å². The number of ether oxygens (including phenoxy) is 1. The summed E-state index contributed by atoms with van der Waals surface area (Å²) in [5.41, 5.74) is 1.52. The summed E-state index contributed by atoms with van der Waals surface area (Å²) < 4.78 is 5.82. The Morgan fingerprint density at radius 3 is 2.94 bits per heavy atom. The van der Waals surface area contributed by atoms with Gasteiger partial charge in [0.05, 0.1) is 24.4 Å². The van der Waals surface area contributed by atoms with Crippen molar-refractivity contribution in [1.29, 1.82) is 0 Å². The van der Waals surface area contributed by atoms with E-state index < -0.39 is 0 Å². The molecule has 1 amide bonds. The van der Waals surface area contributed by atoms with Crippen LogP contribution in [0.3, 0.4) is 0 Å². The summed E-state index contributed by atoms with van der Waals surface area (Å²) in [7, 11) is 1.59. The molecule has 1 aromatic carbocycles. The number of methoxy groups -OCH3 is 1. The van der Waals surface area contributed by atoms with Crippen molar-refractivity contribution in [2.75, 3.05) is 18.7 Å². The Kier molecular flexibility index (Phi) is 3.36. The summed E-state index contributed by atoms with van der Waals surface area (Å²) in [5.74, 6) is -0.0287. The highest BCUT2D eigenvalue weighted by Crippen LogP contribution is 2.28. The third-order valence-electron chi connectivity index (χ3n) is 2.22. The van der Waals surface area contributed by atoms with Crippen LogP contribution >= 0.6 is 15.9 Å². The molecule has 0 N–H and O–H groups in total. The molecule has 0 atom stereocenters. The van der Waals surface area contributed by atoms with E-state index >= 15 is 0 Å². The van der Waals surface area contributed by atoms with Gasteiger partial charge in [0, 0.05) is 11.6 Å². The van der Waals surface area contributed by atoms with Crippen LogP contribution in [0.1, 0.15) is 6.42 Å². The van der Waals surface area contributed by atoms with Crippen molar-refractivity contribution >= 4 is 33.2 Å². The van der Waals surface area contributed by atoms with Crippen molar-refractivity contribution in [1.82, 2.24) is 0 Å². The predicted molar refractivity (Wildman–Crippen MR) is 65.6 cm³/mol. The van der Waals surface area contributed by atoms with Crippen LogP contribution in [0.2, 0.25) is 0 Å². The van der Waals surface area contributed by atoms with Crippen LogP contribution in [0.5, 0.6) is 0 Å². The maximum atomic E-state index is 11.7. The van der Waals surface area contributed by atoms with E-state index in [1.165, 1.54) is 5.01 Å². The molecule has 0 bridgehead atoms. The smallest absolute Gasteiger partial charge is 0.253 e. The zero-order chi connectivity index (χ0) is 11.5. The highest BCUT2D eigenvalue weighted by Gasteiger charge is 2.25. The van der Waals surface area contributed by atoms with Crippen LogP contribution < -0.4 is 5.01 Å². The molecule has 1 aromatic rings. The first-order valence-corrected chi connectivity index (χ1v) is 5.64. The average molecular weight is 283 g/mol. The fourth-order valence-corrected chi connectivity index (χ4v) is 1.99. The van der Waals surface area contributed by atoms with Crippen LogP contribution in [-0.2, 0) is 9.53 Å². The summed E-state index contributed by atoms with van der Waals surface area (Å²) in [6.45, 7) is 0.396. The summed E-state index contributed by atoms with van der Waals surface area (Å²) in [5, 5.41) is 5.65. The first-order chi connectivity index (χ1) is 7.72. The third-order valence-corrected chi connectivity index (χ3v) is 2.90. The molecule has 0 aliphatic carbocycles. The van der Waals surface area contributed by atoms with Gasteiger partial charge in [0.2, 0.25) is 0 Å². The van der Waals surface area contributed by atoms with Gasteiger partial charge < -0.3 is 4.74 Å². The van der Waals surface area contributed by atoms with Gasteiger partial charge in [-0.15, -0.1) is 0 Å². The highest BCUT2D eigenvalue weighted by atomic mass is 79.9. The van der Waals surface area contributed by atoms with Crippen LogP contribution in [0.4, 0.5) is 5.69 Å². The summed E-state index contributed by atoms with van der Waals surface area (Å²) >= 11 is 3.40. The maximum absolute atomic E-state index is 11.7. The summed E-state index contributed by atoms with van der Waals surface area (Å²) in [4.78, 5) is 11.7. The molecule has 0 aromatic heterocycles. The van der Waals surface area contributed by atoms with Gasteiger partial charge in [0.25, 0.3) is 5.91 Å². The van der Waals surface area contributed by atoms with Gasteiger partial charge in [-0.3, -0.25) is 4.79 Å². The Hall–Kier alpha value is -1.20. The lowest BCUT2D eigenvalue weighted by molar-refractivity contribution is -0.116. The Bertz CT molecular complexity index is 445. The molecule has 0 radical (unpaired) electrons. The number of para-hydroxylation sites is 1. The van der Waals surface area contributed by atoms with E-state index in [9.17, 15) is 4.79 Å². The molecule has 2 rings (SSSR count). The van der Waals surface area contributed by atoms with Crippen molar-refractivity contribution in [2.24, 2.45) is 5.10 Å². The van der Waals surface area contributed by atoms with Crippen molar-refractivity contribution in [3.05, 3.63) is 28.7 Å². The quantitative estimate of drug-likeness (QED) is 0.853. The van der Waals surface area contributed by atoms with E-state index in [0.29, 0.717) is 13.0 Å². The van der Waals surface area contributed by atoms with E-state index in [4.69, 9.17) is 4.74 Å². The number of nitrogens with zero attached hydrogens (tertiary/aromatic N) is 2.